The van der Waals surface area contributed by atoms with Crippen LogP contribution in [-0.2, 0) is 24.7 Å². The largest absolute Gasteiger partial charge is 1.00 e. The summed E-state index contributed by atoms with van der Waals surface area (Å²) in [5.41, 5.74) is 3.19. The third-order valence-electron chi connectivity index (χ3n) is 2.01. The third-order valence-corrected chi connectivity index (χ3v) is 3.43. The van der Waals surface area contributed by atoms with Crippen LogP contribution in [0.2, 0.25) is 0 Å². The number of rotatable bonds is 2. The maximum Gasteiger partial charge on any atom is -1.00 e. The predicted octanol–water partition coefficient (Wildman–Crippen LogP) is -3.05. The summed E-state index contributed by atoms with van der Waals surface area (Å²) in [5.74, 6) is 0. The van der Waals surface area contributed by atoms with Crippen molar-refractivity contribution in [1.29, 1.82) is 0 Å². The second-order valence-corrected chi connectivity index (χ2v) is 4.27. The van der Waals surface area contributed by atoms with Crippen LogP contribution in [0.4, 0.5) is 0 Å². The molecule has 1 rings (SSSR count). The van der Waals surface area contributed by atoms with Crippen LogP contribution in [0.1, 0.15) is 33.1 Å². The second-order valence-electron chi connectivity index (χ2n) is 2.79. The van der Waals surface area contributed by atoms with Crippen molar-refractivity contribution < 1.29 is 49.5 Å². The van der Waals surface area contributed by atoms with Gasteiger partial charge in [0.05, 0.1) is 0 Å². The minimum absolute atomic E-state index is 0. The molecule has 0 fully saturated rings. The standard InChI is InChI=1S/C9H13.2ClH.Zr/c1-3-5-9-7-4-6-8(9)2;;;/h7H,3-5H2,1-2H3;2*1H;/q;;;+2/p-2. The molecule has 0 nitrogen and oxygen atoms in total. The molecule has 0 aromatic rings. The summed E-state index contributed by atoms with van der Waals surface area (Å²) < 4.78 is 1.65. The molecular formula is C9H13Cl2Zr. The van der Waals surface area contributed by atoms with Gasteiger partial charge in [0.1, 0.15) is 0 Å². The van der Waals surface area contributed by atoms with E-state index in [1.807, 2.05) is 0 Å². The van der Waals surface area contributed by atoms with Crippen molar-refractivity contribution in [2.24, 2.45) is 0 Å². The molecule has 0 N–H and O–H groups in total. The van der Waals surface area contributed by atoms with Crippen molar-refractivity contribution in [3.63, 3.8) is 0 Å². The molecule has 0 unspecified atom stereocenters. The number of hydrogen-bond acceptors (Lipinski definition) is 0. The van der Waals surface area contributed by atoms with Crippen LogP contribution in [-0.4, -0.2) is 0 Å². The number of hydrogen-bond donors (Lipinski definition) is 0. The van der Waals surface area contributed by atoms with E-state index in [-0.39, 0.29) is 24.8 Å². The Hall–Kier alpha value is 0.943. The Balaban J connectivity index is 0. The van der Waals surface area contributed by atoms with E-state index >= 15 is 0 Å². The first-order valence-electron chi connectivity index (χ1n) is 3.86. The Morgan fingerprint density at radius 1 is 1.42 bits per heavy atom. The maximum atomic E-state index is 2.39. The van der Waals surface area contributed by atoms with Crippen molar-refractivity contribution in [1.82, 2.24) is 0 Å². The molecule has 0 aromatic carbocycles. The Bertz CT molecular complexity index is 195. The zero-order valence-corrected chi connectivity index (χ0v) is 11.4. The van der Waals surface area contributed by atoms with Gasteiger partial charge in [0.15, 0.2) is 0 Å². The van der Waals surface area contributed by atoms with Gasteiger partial charge in [-0.3, -0.25) is 0 Å². The molecule has 0 aliphatic heterocycles. The van der Waals surface area contributed by atoms with E-state index in [4.69, 9.17) is 0 Å². The quantitative estimate of drug-likeness (QED) is 0.505. The van der Waals surface area contributed by atoms with E-state index in [2.05, 4.69) is 19.9 Å². The van der Waals surface area contributed by atoms with Crippen molar-refractivity contribution in [3.8, 4) is 0 Å². The van der Waals surface area contributed by atoms with Gasteiger partial charge in [-0.1, -0.05) is 0 Å². The van der Waals surface area contributed by atoms with Crippen molar-refractivity contribution in [2.75, 3.05) is 0 Å². The van der Waals surface area contributed by atoms with Crippen LogP contribution in [0.5, 0.6) is 0 Å². The van der Waals surface area contributed by atoms with Gasteiger partial charge >= 0.3 is 78.3 Å². The Morgan fingerprint density at radius 3 is 2.33 bits per heavy atom. The smallest absolute Gasteiger partial charge is 1.00 e. The molecule has 1 aliphatic rings. The Morgan fingerprint density at radius 2 is 2.00 bits per heavy atom. The van der Waals surface area contributed by atoms with E-state index in [0.29, 0.717) is 0 Å². The normalized spacial score (nSPS) is 15.2. The van der Waals surface area contributed by atoms with Gasteiger partial charge in [0, 0.05) is 0 Å². The molecule has 1 aliphatic carbocycles. The fourth-order valence-corrected chi connectivity index (χ4v) is 1.93. The average molecular weight is 283 g/mol. The van der Waals surface area contributed by atoms with Crippen LogP contribution in [0.25, 0.3) is 0 Å². The van der Waals surface area contributed by atoms with Crippen LogP contribution >= 0.6 is 0 Å². The molecule has 3 heteroatoms. The summed E-state index contributed by atoms with van der Waals surface area (Å²) >= 11 is 1.60. The van der Waals surface area contributed by atoms with E-state index in [1.165, 1.54) is 19.3 Å². The van der Waals surface area contributed by atoms with Gasteiger partial charge in [-0.15, -0.1) is 0 Å². The molecule has 0 atom stereocenters. The fourth-order valence-electron chi connectivity index (χ4n) is 1.28. The predicted molar refractivity (Wildman–Crippen MR) is 40.3 cm³/mol. The monoisotopic (exact) mass is 281 g/mol. The van der Waals surface area contributed by atoms with Gasteiger partial charge in [0.2, 0.25) is 0 Å². The van der Waals surface area contributed by atoms with Gasteiger partial charge in [-0.25, -0.2) is 0 Å². The zero-order chi connectivity index (χ0) is 7.56. The molecule has 67 valence electrons. The minimum atomic E-state index is 0. The molecule has 0 spiro atoms. The molecule has 0 saturated carbocycles. The SMILES string of the molecule is CCCC1=CC[C]([Zr+2])=C1C.[Cl-].[Cl-]. The van der Waals surface area contributed by atoms with E-state index in [1.54, 1.807) is 39.1 Å². The summed E-state index contributed by atoms with van der Waals surface area (Å²) in [6.45, 7) is 4.51. The molecular weight excluding hydrogens is 270 g/mol. The number of allylic oxidation sites excluding steroid dienone is 4. The molecule has 0 aromatic heterocycles. The molecule has 0 saturated heterocycles. The van der Waals surface area contributed by atoms with Gasteiger partial charge in [-0.05, 0) is 0 Å². The van der Waals surface area contributed by atoms with Crippen LogP contribution in [0, 0.1) is 0 Å². The second kappa shape index (κ2) is 7.36. The third kappa shape index (κ3) is 3.77. The van der Waals surface area contributed by atoms with Gasteiger partial charge in [0.25, 0.3) is 0 Å². The number of halogens is 2. The summed E-state index contributed by atoms with van der Waals surface area (Å²) in [7, 11) is 0. The topological polar surface area (TPSA) is 0 Å². The summed E-state index contributed by atoms with van der Waals surface area (Å²) in [6.07, 6.45) is 6.19. The van der Waals surface area contributed by atoms with Crippen molar-refractivity contribution in [2.45, 2.75) is 33.1 Å². The van der Waals surface area contributed by atoms with E-state index < -0.39 is 0 Å². The van der Waals surface area contributed by atoms with E-state index in [0.717, 1.165) is 0 Å². The first kappa shape index (κ1) is 15.4. The average Bonchev–Trinajstić information content (AvgIpc) is 2.20. The molecule has 0 amide bonds. The summed E-state index contributed by atoms with van der Waals surface area (Å²) in [5, 5.41) is 0. The minimum Gasteiger partial charge on any atom is -1.00 e. The van der Waals surface area contributed by atoms with Crippen LogP contribution in [0.15, 0.2) is 20.5 Å². The van der Waals surface area contributed by atoms with Crippen LogP contribution in [0.3, 0.4) is 0 Å². The van der Waals surface area contributed by atoms with Gasteiger partial charge in [-0.2, -0.15) is 0 Å². The Labute approximate surface area is 103 Å². The van der Waals surface area contributed by atoms with Crippen molar-refractivity contribution in [3.05, 3.63) is 20.5 Å². The molecule has 0 radical (unpaired) electrons. The van der Waals surface area contributed by atoms with Crippen LogP contribution < -0.4 is 24.8 Å². The molecule has 0 bridgehead atoms. The first-order chi connectivity index (χ1) is 4.75. The first-order valence-corrected chi connectivity index (χ1v) is 5.09. The molecule has 0 heterocycles. The zero-order valence-electron chi connectivity index (χ0n) is 7.45. The summed E-state index contributed by atoms with van der Waals surface area (Å²) in [6, 6.07) is 0. The van der Waals surface area contributed by atoms with Gasteiger partial charge < -0.3 is 24.8 Å². The Kier molecular flexibility index (Phi) is 9.45. The maximum absolute atomic E-state index is 2.39. The van der Waals surface area contributed by atoms with E-state index in [9.17, 15) is 0 Å². The molecule has 12 heavy (non-hydrogen) atoms. The van der Waals surface area contributed by atoms with Crippen molar-refractivity contribution >= 4 is 0 Å². The summed E-state index contributed by atoms with van der Waals surface area (Å²) in [4.78, 5) is 0. The fraction of sp³-hybridized carbons (Fsp3) is 0.556.